The number of anilines is 1. The van der Waals surface area contributed by atoms with Crippen molar-refractivity contribution in [3.63, 3.8) is 0 Å². The molecule has 0 spiro atoms. The van der Waals surface area contributed by atoms with Gasteiger partial charge in [0.1, 0.15) is 5.75 Å². The standard InChI is InChI=1S/C16H17F2NO/c1-11-6-7-12(2)13(8-11)10-19-14-4-3-5-15(9-14)20-16(17)18/h3-9,16,19H,10H2,1-2H3. The topological polar surface area (TPSA) is 21.3 Å². The minimum atomic E-state index is -2.80. The first kappa shape index (κ1) is 14.3. The summed E-state index contributed by atoms with van der Waals surface area (Å²) >= 11 is 0. The molecule has 106 valence electrons. The second-order valence-corrected chi connectivity index (χ2v) is 4.69. The molecule has 0 saturated carbocycles. The van der Waals surface area contributed by atoms with E-state index in [4.69, 9.17) is 0 Å². The third-order valence-corrected chi connectivity index (χ3v) is 3.05. The Morgan fingerprint density at radius 1 is 1.10 bits per heavy atom. The predicted octanol–water partition coefficient (Wildman–Crippen LogP) is 4.52. The number of hydrogen-bond donors (Lipinski definition) is 1. The third kappa shape index (κ3) is 3.95. The smallest absolute Gasteiger partial charge is 0.387 e. The summed E-state index contributed by atoms with van der Waals surface area (Å²) in [5.74, 6) is 0.158. The average Bonchev–Trinajstić information content (AvgIpc) is 2.39. The first-order valence-corrected chi connectivity index (χ1v) is 6.39. The molecule has 0 unspecified atom stereocenters. The highest BCUT2D eigenvalue weighted by molar-refractivity contribution is 5.49. The van der Waals surface area contributed by atoms with Gasteiger partial charge in [-0.25, -0.2) is 0 Å². The molecule has 0 aliphatic heterocycles. The van der Waals surface area contributed by atoms with E-state index in [0.717, 1.165) is 5.69 Å². The van der Waals surface area contributed by atoms with Gasteiger partial charge in [-0.05, 0) is 37.1 Å². The number of alkyl halides is 2. The Bertz CT molecular complexity index is 584. The van der Waals surface area contributed by atoms with Crippen LogP contribution >= 0.6 is 0 Å². The van der Waals surface area contributed by atoms with Crippen molar-refractivity contribution in [2.75, 3.05) is 5.32 Å². The number of nitrogens with one attached hydrogen (secondary N) is 1. The second kappa shape index (κ2) is 6.37. The molecule has 20 heavy (non-hydrogen) atoms. The fraction of sp³-hybridized carbons (Fsp3) is 0.250. The van der Waals surface area contributed by atoms with Crippen molar-refractivity contribution in [2.45, 2.75) is 27.0 Å². The van der Waals surface area contributed by atoms with E-state index in [0.29, 0.717) is 6.54 Å². The van der Waals surface area contributed by atoms with Crippen LogP contribution in [0, 0.1) is 13.8 Å². The molecule has 0 fully saturated rings. The molecule has 2 nitrogen and oxygen atoms in total. The van der Waals surface area contributed by atoms with E-state index in [1.54, 1.807) is 12.1 Å². The maximum absolute atomic E-state index is 12.2. The first-order chi connectivity index (χ1) is 9.54. The van der Waals surface area contributed by atoms with Gasteiger partial charge in [0.2, 0.25) is 0 Å². The van der Waals surface area contributed by atoms with Gasteiger partial charge in [0.05, 0.1) is 0 Å². The quantitative estimate of drug-likeness (QED) is 0.867. The maximum atomic E-state index is 12.2. The molecule has 0 atom stereocenters. The van der Waals surface area contributed by atoms with Crippen LogP contribution in [0.25, 0.3) is 0 Å². The molecule has 0 aliphatic carbocycles. The zero-order valence-corrected chi connectivity index (χ0v) is 11.5. The zero-order chi connectivity index (χ0) is 14.5. The molecule has 0 bridgehead atoms. The van der Waals surface area contributed by atoms with Crippen molar-refractivity contribution < 1.29 is 13.5 Å². The fourth-order valence-corrected chi connectivity index (χ4v) is 1.97. The minimum absolute atomic E-state index is 0.158. The van der Waals surface area contributed by atoms with Crippen LogP contribution in [0.4, 0.5) is 14.5 Å². The van der Waals surface area contributed by atoms with Gasteiger partial charge < -0.3 is 10.1 Å². The van der Waals surface area contributed by atoms with E-state index >= 15 is 0 Å². The van der Waals surface area contributed by atoms with Gasteiger partial charge in [-0.3, -0.25) is 0 Å². The van der Waals surface area contributed by atoms with Crippen LogP contribution in [0.1, 0.15) is 16.7 Å². The highest BCUT2D eigenvalue weighted by Crippen LogP contribution is 2.20. The Morgan fingerprint density at radius 3 is 2.65 bits per heavy atom. The molecule has 2 aromatic carbocycles. The summed E-state index contributed by atoms with van der Waals surface area (Å²) < 4.78 is 28.7. The molecule has 0 aromatic heterocycles. The van der Waals surface area contributed by atoms with Crippen molar-refractivity contribution in [1.29, 1.82) is 0 Å². The summed E-state index contributed by atoms with van der Waals surface area (Å²) in [6, 6.07) is 12.8. The maximum Gasteiger partial charge on any atom is 0.387 e. The molecular formula is C16H17F2NO. The Kier molecular flexibility index (Phi) is 4.56. The van der Waals surface area contributed by atoms with Gasteiger partial charge in [-0.15, -0.1) is 0 Å². The highest BCUT2D eigenvalue weighted by Gasteiger charge is 2.05. The fourth-order valence-electron chi connectivity index (χ4n) is 1.97. The van der Waals surface area contributed by atoms with Crippen molar-refractivity contribution >= 4 is 5.69 Å². The average molecular weight is 277 g/mol. The molecule has 2 aromatic rings. The van der Waals surface area contributed by atoms with Gasteiger partial charge >= 0.3 is 6.61 Å². The zero-order valence-electron chi connectivity index (χ0n) is 11.5. The Balaban J connectivity index is 2.05. The number of benzene rings is 2. The summed E-state index contributed by atoms with van der Waals surface area (Å²) in [6.07, 6.45) is 0. The predicted molar refractivity (Wildman–Crippen MR) is 76.3 cm³/mol. The lowest BCUT2D eigenvalue weighted by molar-refractivity contribution is -0.0498. The number of halogens is 2. The van der Waals surface area contributed by atoms with Crippen LogP contribution in [0.15, 0.2) is 42.5 Å². The molecule has 2 rings (SSSR count). The van der Waals surface area contributed by atoms with Crippen molar-refractivity contribution in [3.8, 4) is 5.75 Å². The van der Waals surface area contributed by atoms with Crippen LogP contribution in [-0.4, -0.2) is 6.61 Å². The van der Waals surface area contributed by atoms with E-state index in [9.17, 15) is 8.78 Å². The number of ether oxygens (including phenoxy) is 1. The lowest BCUT2D eigenvalue weighted by atomic mass is 10.1. The molecule has 1 N–H and O–H groups in total. The Morgan fingerprint density at radius 2 is 1.90 bits per heavy atom. The Hall–Kier alpha value is -2.10. The minimum Gasteiger partial charge on any atom is -0.435 e. The lowest BCUT2D eigenvalue weighted by Gasteiger charge is -2.11. The van der Waals surface area contributed by atoms with E-state index in [2.05, 4.69) is 28.3 Å². The summed E-state index contributed by atoms with van der Waals surface area (Å²) in [5.41, 5.74) is 4.33. The SMILES string of the molecule is Cc1ccc(C)c(CNc2cccc(OC(F)F)c2)c1. The van der Waals surface area contributed by atoms with E-state index < -0.39 is 6.61 Å². The monoisotopic (exact) mass is 277 g/mol. The molecule has 0 heterocycles. The molecule has 0 radical (unpaired) electrons. The Labute approximate surface area is 117 Å². The number of rotatable bonds is 5. The highest BCUT2D eigenvalue weighted by atomic mass is 19.3. The van der Waals surface area contributed by atoms with Crippen LogP contribution in [0.5, 0.6) is 5.75 Å². The van der Waals surface area contributed by atoms with E-state index in [1.807, 2.05) is 19.9 Å². The number of hydrogen-bond acceptors (Lipinski definition) is 2. The second-order valence-electron chi connectivity index (χ2n) is 4.69. The van der Waals surface area contributed by atoms with Gasteiger partial charge in [-0.2, -0.15) is 8.78 Å². The lowest BCUT2D eigenvalue weighted by Crippen LogP contribution is -2.04. The van der Waals surface area contributed by atoms with Gasteiger partial charge in [0, 0.05) is 18.3 Å². The first-order valence-electron chi connectivity index (χ1n) is 6.39. The van der Waals surface area contributed by atoms with Crippen molar-refractivity contribution in [2.24, 2.45) is 0 Å². The largest absolute Gasteiger partial charge is 0.435 e. The molecule has 0 aliphatic rings. The van der Waals surface area contributed by atoms with Crippen molar-refractivity contribution in [3.05, 3.63) is 59.2 Å². The summed E-state index contributed by atoms with van der Waals surface area (Å²) in [4.78, 5) is 0. The number of aryl methyl sites for hydroxylation is 2. The van der Waals surface area contributed by atoms with Gasteiger partial charge in [0.15, 0.2) is 0 Å². The summed E-state index contributed by atoms with van der Waals surface area (Å²) in [5, 5.41) is 3.22. The summed E-state index contributed by atoms with van der Waals surface area (Å²) in [6.45, 7) is 1.93. The molecule has 0 amide bonds. The van der Waals surface area contributed by atoms with Crippen LogP contribution in [-0.2, 0) is 6.54 Å². The van der Waals surface area contributed by atoms with E-state index in [1.165, 1.54) is 22.8 Å². The molecule has 4 heteroatoms. The van der Waals surface area contributed by atoms with Crippen LogP contribution in [0.2, 0.25) is 0 Å². The third-order valence-electron chi connectivity index (χ3n) is 3.05. The molecular weight excluding hydrogens is 260 g/mol. The van der Waals surface area contributed by atoms with Crippen LogP contribution in [0.3, 0.4) is 0 Å². The van der Waals surface area contributed by atoms with E-state index in [-0.39, 0.29) is 5.75 Å². The molecule has 0 saturated heterocycles. The normalized spacial score (nSPS) is 10.7. The summed E-state index contributed by atoms with van der Waals surface area (Å²) in [7, 11) is 0. The van der Waals surface area contributed by atoms with Crippen LogP contribution < -0.4 is 10.1 Å². The van der Waals surface area contributed by atoms with Gasteiger partial charge in [-0.1, -0.05) is 29.8 Å². The van der Waals surface area contributed by atoms with Crippen molar-refractivity contribution in [1.82, 2.24) is 0 Å². The van der Waals surface area contributed by atoms with Gasteiger partial charge in [0.25, 0.3) is 0 Å².